The fourth-order valence-corrected chi connectivity index (χ4v) is 2.87. The van der Waals surface area contributed by atoms with E-state index in [0.29, 0.717) is 0 Å². The molecule has 0 radical (unpaired) electrons. The smallest absolute Gasteiger partial charge is 0.241 e. The maximum Gasteiger partial charge on any atom is 0.241 e. The lowest BCUT2D eigenvalue weighted by Gasteiger charge is -2.11. The number of aromatic nitrogens is 1. The first kappa shape index (κ1) is 16.9. The van der Waals surface area contributed by atoms with E-state index < -0.39 is 0 Å². The molecule has 1 unspecified atom stereocenters. The van der Waals surface area contributed by atoms with E-state index >= 15 is 0 Å². The molecule has 2 N–H and O–H groups in total. The van der Waals surface area contributed by atoms with Gasteiger partial charge in [-0.1, -0.05) is 39.0 Å². The molecule has 2 rings (SSSR count). The van der Waals surface area contributed by atoms with Crippen molar-refractivity contribution >= 4 is 11.6 Å². The number of nitrogens with zero attached hydrogens (tertiary/aromatic N) is 1. The highest BCUT2D eigenvalue weighted by atomic mass is 16.2. The molecule has 1 saturated heterocycles. The third-order valence-electron chi connectivity index (χ3n) is 4.26. The van der Waals surface area contributed by atoms with Crippen LogP contribution in [0.25, 0.3) is 0 Å². The molecule has 1 fully saturated rings. The highest BCUT2D eigenvalue weighted by Gasteiger charge is 2.21. The molecular formula is C18H29N3O. The quantitative estimate of drug-likeness (QED) is 0.684. The molecule has 1 aromatic heterocycles. The third kappa shape index (κ3) is 5.76. The predicted molar refractivity (Wildman–Crippen MR) is 91.0 cm³/mol. The van der Waals surface area contributed by atoms with E-state index in [0.717, 1.165) is 37.2 Å². The zero-order chi connectivity index (χ0) is 15.6. The third-order valence-corrected chi connectivity index (χ3v) is 4.26. The second-order valence-corrected chi connectivity index (χ2v) is 6.19. The van der Waals surface area contributed by atoms with Crippen molar-refractivity contribution in [3.8, 4) is 0 Å². The predicted octanol–water partition coefficient (Wildman–Crippen LogP) is 3.68. The van der Waals surface area contributed by atoms with Gasteiger partial charge in [-0.15, -0.1) is 0 Å². The Bertz CT molecular complexity index is 438. The van der Waals surface area contributed by atoms with E-state index in [1.165, 1.54) is 38.5 Å². The van der Waals surface area contributed by atoms with Crippen molar-refractivity contribution in [1.29, 1.82) is 0 Å². The molecule has 0 aromatic carbocycles. The Morgan fingerprint density at radius 3 is 2.77 bits per heavy atom. The van der Waals surface area contributed by atoms with Gasteiger partial charge in [-0.3, -0.25) is 9.78 Å². The van der Waals surface area contributed by atoms with E-state index in [2.05, 4.69) is 22.5 Å². The fourth-order valence-electron chi connectivity index (χ4n) is 2.87. The minimum atomic E-state index is -0.0391. The van der Waals surface area contributed by atoms with Crippen molar-refractivity contribution in [1.82, 2.24) is 10.3 Å². The molecule has 0 saturated carbocycles. The van der Waals surface area contributed by atoms with Crippen LogP contribution in [0.3, 0.4) is 0 Å². The summed E-state index contributed by atoms with van der Waals surface area (Å²) in [4.78, 5) is 16.5. The van der Waals surface area contributed by atoms with Gasteiger partial charge >= 0.3 is 0 Å². The van der Waals surface area contributed by atoms with Gasteiger partial charge in [-0.05, 0) is 44.4 Å². The van der Waals surface area contributed by atoms with Crippen LogP contribution in [0.15, 0.2) is 18.3 Å². The zero-order valence-electron chi connectivity index (χ0n) is 13.7. The van der Waals surface area contributed by atoms with Crippen LogP contribution in [-0.2, 0) is 11.2 Å². The molecule has 4 heteroatoms. The lowest BCUT2D eigenvalue weighted by molar-refractivity contribution is -0.117. The number of hydrogen-bond donors (Lipinski definition) is 2. The molecule has 122 valence electrons. The molecule has 4 nitrogen and oxygen atoms in total. The van der Waals surface area contributed by atoms with E-state index in [9.17, 15) is 4.79 Å². The summed E-state index contributed by atoms with van der Waals surface area (Å²) in [6, 6.07) is 3.96. The topological polar surface area (TPSA) is 54.0 Å². The van der Waals surface area contributed by atoms with Crippen molar-refractivity contribution in [2.75, 3.05) is 11.9 Å². The van der Waals surface area contributed by atoms with Crippen molar-refractivity contribution in [2.24, 2.45) is 0 Å². The van der Waals surface area contributed by atoms with Crippen molar-refractivity contribution in [3.05, 3.63) is 24.0 Å². The lowest BCUT2D eigenvalue weighted by atomic mass is 10.1. The van der Waals surface area contributed by atoms with Crippen molar-refractivity contribution in [3.63, 3.8) is 0 Å². The second-order valence-electron chi connectivity index (χ2n) is 6.19. The van der Waals surface area contributed by atoms with Crippen LogP contribution in [0, 0.1) is 0 Å². The minimum absolute atomic E-state index is 0.0391. The first-order valence-corrected chi connectivity index (χ1v) is 8.79. The molecule has 22 heavy (non-hydrogen) atoms. The first-order valence-electron chi connectivity index (χ1n) is 8.79. The van der Waals surface area contributed by atoms with Gasteiger partial charge < -0.3 is 10.6 Å². The summed E-state index contributed by atoms with van der Waals surface area (Å²) in [5.41, 5.74) is 1.91. The van der Waals surface area contributed by atoms with Gasteiger partial charge in [0.2, 0.25) is 5.91 Å². The number of carbonyl (C=O) groups excluding carboxylic acids is 1. The van der Waals surface area contributed by atoms with Gasteiger partial charge in [-0.2, -0.15) is 0 Å². The average Bonchev–Trinajstić information content (AvgIpc) is 3.07. The zero-order valence-corrected chi connectivity index (χ0v) is 13.7. The summed E-state index contributed by atoms with van der Waals surface area (Å²) in [5, 5.41) is 6.14. The van der Waals surface area contributed by atoms with Gasteiger partial charge in [0.25, 0.3) is 0 Å². The highest BCUT2D eigenvalue weighted by Crippen LogP contribution is 2.13. The van der Waals surface area contributed by atoms with Crippen LogP contribution in [0.1, 0.15) is 64.0 Å². The number of anilines is 1. The highest BCUT2D eigenvalue weighted by molar-refractivity contribution is 5.94. The van der Waals surface area contributed by atoms with Crippen LogP contribution in [0.4, 0.5) is 5.69 Å². The Morgan fingerprint density at radius 2 is 2.09 bits per heavy atom. The van der Waals surface area contributed by atoms with Gasteiger partial charge in [0.15, 0.2) is 0 Å². The normalized spacial score (nSPS) is 17.6. The van der Waals surface area contributed by atoms with E-state index in [-0.39, 0.29) is 11.9 Å². The van der Waals surface area contributed by atoms with E-state index in [1.807, 2.05) is 12.1 Å². The van der Waals surface area contributed by atoms with Crippen molar-refractivity contribution < 1.29 is 4.79 Å². The summed E-state index contributed by atoms with van der Waals surface area (Å²) >= 11 is 0. The van der Waals surface area contributed by atoms with E-state index in [4.69, 9.17) is 0 Å². The lowest BCUT2D eigenvalue weighted by Crippen LogP contribution is -2.35. The van der Waals surface area contributed by atoms with Gasteiger partial charge in [0, 0.05) is 5.69 Å². The molecule has 1 aliphatic heterocycles. The maximum absolute atomic E-state index is 12.0. The Morgan fingerprint density at radius 1 is 1.27 bits per heavy atom. The molecular weight excluding hydrogens is 274 g/mol. The van der Waals surface area contributed by atoms with Crippen LogP contribution in [0.2, 0.25) is 0 Å². The van der Waals surface area contributed by atoms with Crippen molar-refractivity contribution in [2.45, 2.75) is 70.8 Å². The summed E-state index contributed by atoms with van der Waals surface area (Å²) in [6.07, 6.45) is 12.6. The van der Waals surface area contributed by atoms with E-state index in [1.54, 1.807) is 6.20 Å². The van der Waals surface area contributed by atoms with Crippen LogP contribution >= 0.6 is 0 Å². The Labute approximate surface area is 134 Å². The molecule has 0 aliphatic carbocycles. The van der Waals surface area contributed by atoms with Gasteiger partial charge in [0.1, 0.15) is 0 Å². The molecule has 2 heterocycles. The number of amides is 1. The van der Waals surface area contributed by atoms with Gasteiger partial charge in [-0.25, -0.2) is 0 Å². The number of nitrogens with one attached hydrogen (secondary N) is 2. The Balaban J connectivity index is 1.67. The standard InChI is InChI=1S/C18H29N3O/c1-2-3-4-5-6-7-9-15-11-12-16(14-20-15)21-18(22)17-10-8-13-19-17/h11-12,14,17,19H,2-10,13H2,1H3,(H,21,22). The molecule has 0 bridgehead atoms. The van der Waals surface area contributed by atoms with Crippen LogP contribution < -0.4 is 10.6 Å². The average molecular weight is 303 g/mol. The van der Waals surface area contributed by atoms with Crippen LogP contribution in [-0.4, -0.2) is 23.5 Å². The van der Waals surface area contributed by atoms with Gasteiger partial charge in [0.05, 0.1) is 17.9 Å². The second kappa shape index (κ2) is 9.57. The minimum Gasteiger partial charge on any atom is -0.323 e. The molecule has 1 amide bonds. The monoisotopic (exact) mass is 303 g/mol. The number of rotatable bonds is 9. The summed E-state index contributed by atoms with van der Waals surface area (Å²) in [5.74, 6) is 0.0583. The number of hydrogen-bond acceptors (Lipinski definition) is 3. The number of aryl methyl sites for hydroxylation is 1. The summed E-state index contributed by atoms with van der Waals surface area (Å²) in [6.45, 7) is 3.18. The van der Waals surface area contributed by atoms with Crippen LogP contribution in [0.5, 0.6) is 0 Å². The number of unbranched alkanes of at least 4 members (excludes halogenated alkanes) is 5. The first-order chi connectivity index (χ1) is 10.8. The molecule has 1 atom stereocenters. The number of pyridine rings is 1. The Hall–Kier alpha value is -1.42. The molecule has 1 aliphatic rings. The number of carbonyl (C=O) groups is 1. The Kier molecular flexibility index (Phi) is 7.37. The molecule has 1 aromatic rings. The summed E-state index contributed by atoms with van der Waals surface area (Å²) < 4.78 is 0. The summed E-state index contributed by atoms with van der Waals surface area (Å²) in [7, 11) is 0. The SMILES string of the molecule is CCCCCCCCc1ccc(NC(=O)C2CCCN2)cn1. The molecule has 0 spiro atoms. The maximum atomic E-state index is 12.0. The fraction of sp³-hybridized carbons (Fsp3) is 0.667. The largest absolute Gasteiger partial charge is 0.323 e.